The molecule has 0 saturated heterocycles. The Morgan fingerprint density at radius 3 is 2.28 bits per heavy atom. The lowest BCUT2D eigenvalue weighted by atomic mass is 10.1. The van der Waals surface area contributed by atoms with Crippen LogP contribution in [0.2, 0.25) is 0 Å². The SMILES string of the molecule is CCN(CC)Cc1ccc(Cn2ccnc2)cc1. The fourth-order valence-corrected chi connectivity index (χ4v) is 2.05. The molecular formula is C15H21N3. The minimum atomic E-state index is 0.894. The van der Waals surface area contributed by atoms with Crippen molar-refractivity contribution in [3.8, 4) is 0 Å². The van der Waals surface area contributed by atoms with Crippen molar-refractivity contribution >= 4 is 0 Å². The fraction of sp³-hybridized carbons (Fsp3) is 0.400. The molecule has 0 aliphatic rings. The summed E-state index contributed by atoms with van der Waals surface area (Å²) in [6.45, 7) is 8.55. The van der Waals surface area contributed by atoms with Crippen molar-refractivity contribution in [2.45, 2.75) is 26.9 Å². The third-order valence-corrected chi connectivity index (χ3v) is 3.25. The van der Waals surface area contributed by atoms with Crippen molar-refractivity contribution < 1.29 is 0 Å². The third-order valence-electron chi connectivity index (χ3n) is 3.25. The highest BCUT2D eigenvalue weighted by Gasteiger charge is 2.01. The molecule has 0 bridgehead atoms. The molecule has 18 heavy (non-hydrogen) atoms. The smallest absolute Gasteiger partial charge is 0.0949 e. The number of imidazole rings is 1. The number of rotatable bonds is 6. The van der Waals surface area contributed by atoms with Crippen LogP contribution in [0.4, 0.5) is 0 Å². The van der Waals surface area contributed by atoms with Gasteiger partial charge in [-0.2, -0.15) is 0 Å². The fourth-order valence-electron chi connectivity index (χ4n) is 2.05. The van der Waals surface area contributed by atoms with Gasteiger partial charge in [0.2, 0.25) is 0 Å². The molecule has 0 atom stereocenters. The molecule has 0 N–H and O–H groups in total. The van der Waals surface area contributed by atoms with Gasteiger partial charge in [-0.15, -0.1) is 0 Å². The van der Waals surface area contributed by atoms with E-state index in [9.17, 15) is 0 Å². The van der Waals surface area contributed by atoms with Gasteiger partial charge in [-0.05, 0) is 24.2 Å². The maximum absolute atomic E-state index is 4.05. The predicted octanol–water partition coefficient (Wildman–Crippen LogP) is 2.77. The first-order valence-corrected chi connectivity index (χ1v) is 6.57. The topological polar surface area (TPSA) is 21.1 Å². The van der Waals surface area contributed by atoms with Gasteiger partial charge in [0.25, 0.3) is 0 Å². The maximum atomic E-state index is 4.05. The summed E-state index contributed by atoms with van der Waals surface area (Å²) in [7, 11) is 0. The van der Waals surface area contributed by atoms with E-state index in [-0.39, 0.29) is 0 Å². The molecule has 0 aliphatic carbocycles. The second kappa shape index (κ2) is 6.36. The summed E-state index contributed by atoms with van der Waals surface area (Å²) in [4.78, 5) is 6.48. The zero-order valence-corrected chi connectivity index (χ0v) is 11.2. The summed E-state index contributed by atoms with van der Waals surface area (Å²) < 4.78 is 2.08. The van der Waals surface area contributed by atoms with Crippen molar-refractivity contribution in [1.82, 2.24) is 14.5 Å². The van der Waals surface area contributed by atoms with Crippen molar-refractivity contribution in [2.75, 3.05) is 13.1 Å². The van der Waals surface area contributed by atoms with Crippen LogP contribution in [0.3, 0.4) is 0 Å². The molecule has 3 nitrogen and oxygen atoms in total. The molecule has 96 valence electrons. The molecule has 0 saturated carbocycles. The summed E-state index contributed by atoms with van der Waals surface area (Å²) >= 11 is 0. The highest BCUT2D eigenvalue weighted by atomic mass is 15.1. The van der Waals surface area contributed by atoms with Crippen LogP contribution in [-0.2, 0) is 13.1 Å². The van der Waals surface area contributed by atoms with Crippen LogP contribution in [-0.4, -0.2) is 27.5 Å². The summed E-state index contributed by atoms with van der Waals surface area (Å²) in [5.41, 5.74) is 2.70. The predicted molar refractivity (Wildman–Crippen MR) is 74.4 cm³/mol. The van der Waals surface area contributed by atoms with Crippen LogP contribution in [0, 0.1) is 0 Å². The lowest BCUT2D eigenvalue weighted by Gasteiger charge is -2.18. The van der Waals surface area contributed by atoms with E-state index in [2.05, 4.69) is 52.6 Å². The van der Waals surface area contributed by atoms with Gasteiger partial charge >= 0.3 is 0 Å². The van der Waals surface area contributed by atoms with Gasteiger partial charge in [0.1, 0.15) is 0 Å². The molecule has 2 aromatic rings. The number of hydrogen-bond donors (Lipinski definition) is 0. The number of hydrogen-bond acceptors (Lipinski definition) is 2. The van der Waals surface area contributed by atoms with Gasteiger partial charge in [0.05, 0.1) is 6.33 Å². The van der Waals surface area contributed by atoms with Crippen LogP contribution in [0.15, 0.2) is 43.0 Å². The molecule has 0 unspecified atom stereocenters. The summed E-state index contributed by atoms with van der Waals surface area (Å²) in [6, 6.07) is 8.87. The minimum Gasteiger partial charge on any atom is -0.333 e. The van der Waals surface area contributed by atoms with Crippen LogP contribution in [0.1, 0.15) is 25.0 Å². The normalized spacial score (nSPS) is 11.1. The third kappa shape index (κ3) is 3.44. The molecule has 1 heterocycles. The van der Waals surface area contributed by atoms with Crippen LogP contribution in [0.5, 0.6) is 0 Å². The van der Waals surface area contributed by atoms with Crippen LogP contribution < -0.4 is 0 Å². The lowest BCUT2D eigenvalue weighted by molar-refractivity contribution is 0.296. The first-order valence-electron chi connectivity index (χ1n) is 6.57. The van der Waals surface area contributed by atoms with E-state index in [4.69, 9.17) is 0 Å². The molecule has 1 aromatic heterocycles. The Morgan fingerprint density at radius 1 is 1.06 bits per heavy atom. The first kappa shape index (κ1) is 12.8. The van der Waals surface area contributed by atoms with Gasteiger partial charge in [0.15, 0.2) is 0 Å². The molecule has 0 radical (unpaired) electrons. The van der Waals surface area contributed by atoms with Crippen molar-refractivity contribution in [3.05, 3.63) is 54.1 Å². The number of aromatic nitrogens is 2. The van der Waals surface area contributed by atoms with E-state index >= 15 is 0 Å². The number of benzene rings is 1. The van der Waals surface area contributed by atoms with Gasteiger partial charge < -0.3 is 4.57 Å². The van der Waals surface area contributed by atoms with E-state index < -0.39 is 0 Å². The van der Waals surface area contributed by atoms with E-state index in [0.29, 0.717) is 0 Å². The summed E-state index contributed by atoms with van der Waals surface area (Å²) in [6.07, 6.45) is 5.66. The Hall–Kier alpha value is -1.61. The first-order chi connectivity index (χ1) is 8.81. The average Bonchev–Trinajstić information content (AvgIpc) is 2.91. The molecule has 0 spiro atoms. The maximum Gasteiger partial charge on any atom is 0.0949 e. The Bertz CT molecular complexity index is 441. The lowest BCUT2D eigenvalue weighted by Crippen LogP contribution is -2.22. The van der Waals surface area contributed by atoms with Crippen molar-refractivity contribution in [2.24, 2.45) is 0 Å². The zero-order valence-electron chi connectivity index (χ0n) is 11.2. The van der Waals surface area contributed by atoms with Crippen molar-refractivity contribution in [1.29, 1.82) is 0 Å². The van der Waals surface area contributed by atoms with Gasteiger partial charge in [-0.25, -0.2) is 4.98 Å². The Morgan fingerprint density at radius 2 is 1.72 bits per heavy atom. The zero-order chi connectivity index (χ0) is 12.8. The van der Waals surface area contributed by atoms with Gasteiger partial charge in [-0.1, -0.05) is 38.1 Å². The summed E-state index contributed by atoms with van der Waals surface area (Å²) in [5.74, 6) is 0. The molecule has 3 heteroatoms. The summed E-state index contributed by atoms with van der Waals surface area (Å²) in [5, 5.41) is 0. The molecule has 0 fully saturated rings. The van der Waals surface area contributed by atoms with Crippen LogP contribution >= 0.6 is 0 Å². The standard InChI is InChI=1S/C15H21N3/c1-3-17(4-2)11-14-5-7-15(8-6-14)12-18-10-9-16-13-18/h5-10,13H,3-4,11-12H2,1-2H3. The molecule has 1 aromatic carbocycles. The Labute approximate surface area is 109 Å². The largest absolute Gasteiger partial charge is 0.333 e. The molecular weight excluding hydrogens is 222 g/mol. The van der Waals surface area contributed by atoms with E-state index in [1.807, 2.05) is 18.7 Å². The minimum absolute atomic E-state index is 0.894. The van der Waals surface area contributed by atoms with Crippen LogP contribution in [0.25, 0.3) is 0 Å². The van der Waals surface area contributed by atoms with E-state index in [1.54, 1.807) is 0 Å². The Kier molecular flexibility index (Phi) is 4.53. The monoisotopic (exact) mass is 243 g/mol. The van der Waals surface area contributed by atoms with Gasteiger partial charge in [-0.3, -0.25) is 4.90 Å². The quantitative estimate of drug-likeness (QED) is 0.778. The van der Waals surface area contributed by atoms with E-state index in [0.717, 1.165) is 26.2 Å². The average molecular weight is 243 g/mol. The second-order valence-corrected chi connectivity index (χ2v) is 4.51. The molecule has 0 aliphatic heterocycles. The highest BCUT2D eigenvalue weighted by molar-refractivity contribution is 5.22. The highest BCUT2D eigenvalue weighted by Crippen LogP contribution is 2.08. The molecule has 0 amide bonds. The second-order valence-electron chi connectivity index (χ2n) is 4.51. The van der Waals surface area contributed by atoms with Crippen molar-refractivity contribution in [3.63, 3.8) is 0 Å². The molecule has 2 rings (SSSR count). The number of nitrogens with zero attached hydrogens (tertiary/aromatic N) is 3. The van der Waals surface area contributed by atoms with Gasteiger partial charge in [0, 0.05) is 25.5 Å². The Balaban J connectivity index is 1.97. The van der Waals surface area contributed by atoms with E-state index in [1.165, 1.54) is 11.1 Å².